The van der Waals surface area contributed by atoms with Crippen LogP contribution in [0.2, 0.25) is 0 Å². The van der Waals surface area contributed by atoms with Gasteiger partial charge in [0.1, 0.15) is 5.75 Å². The van der Waals surface area contributed by atoms with Crippen molar-refractivity contribution < 1.29 is 4.74 Å². The van der Waals surface area contributed by atoms with Crippen molar-refractivity contribution in [3.63, 3.8) is 0 Å². The molecule has 0 atom stereocenters. The van der Waals surface area contributed by atoms with Gasteiger partial charge in [-0.3, -0.25) is 0 Å². The molecule has 1 aromatic rings. The van der Waals surface area contributed by atoms with Gasteiger partial charge < -0.3 is 10.5 Å². The lowest BCUT2D eigenvalue weighted by molar-refractivity contribution is 0.0469. The van der Waals surface area contributed by atoms with Crippen LogP contribution >= 0.6 is 0 Å². The summed E-state index contributed by atoms with van der Waals surface area (Å²) < 4.78 is 5.63. The lowest BCUT2D eigenvalue weighted by Gasteiger charge is -2.50. The smallest absolute Gasteiger partial charge is 0.119 e. The van der Waals surface area contributed by atoms with E-state index in [0.29, 0.717) is 6.61 Å². The van der Waals surface area contributed by atoms with Crippen LogP contribution in [0.4, 0.5) is 0 Å². The zero-order chi connectivity index (χ0) is 15.0. The molecule has 0 spiro atoms. The molecule has 2 nitrogen and oxygen atoms in total. The van der Waals surface area contributed by atoms with Crippen LogP contribution in [0.1, 0.15) is 59.4 Å². The molecule has 0 heterocycles. The van der Waals surface area contributed by atoms with Crippen molar-refractivity contribution in [2.45, 2.75) is 59.4 Å². The fourth-order valence-corrected chi connectivity index (χ4v) is 4.46. The minimum absolute atomic E-state index is 0.252. The quantitative estimate of drug-likeness (QED) is 0.883. The maximum absolute atomic E-state index is 6.84. The molecule has 1 saturated carbocycles. The molecule has 1 aromatic carbocycles. The molecule has 1 aliphatic rings. The Morgan fingerprint density at radius 1 is 1.05 bits per heavy atom. The number of ether oxygens (including phenoxy) is 1. The summed E-state index contributed by atoms with van der Waals surface area (Å²) in [7, 11) is 0. The van der Waals surface area contributed by atoms with E-state index in [1.54, 1.807) is 0 Å². The molecule has 0 aromatic heterocycles. The highest BCUT2D eigenvalue weighted by atomic mass is 16.5. The Balaban J connectivity index is 2.36. The SMILES string of the molecule is CCOc1cccc(C2(N)CC(C)(C)CC(C)(C)C2)c1. The highest BCUT2D eigenvalue weighted by Gasteiger charge is 2.46. The topological polar surface area (TPSA) is 35.2 Å². The molecule has 2 N–H and O–H groups in total. The van der Waals surface area contributed by atoms with E-state index in [0.717, 1.165) is 18.6 Å². The Hall–Kier alpha value is -1.02. The molecule has 2 heteroatoms. The van der Waals surface area contributed by atoms with Crippen LogP contribution in [0.15, 0.2) is 24.3 Å². The van der Waals surface area contributed by atoms with Crippen LogP contribution in [0.25, 0.3) is 0 Å². The van der Waals surface area contributed by atoms with Crippen molar-refractivity contribution in [2.75, 3.05) is 6.61 Å². The largest absolute Gasteiger partial charge is 0.494 e. The van der Waals surface area contributed by atoms with Crippen LogP contribution in [-0.4, -0.2) is 6.61 Å². The van der Waals surface area contributed by atoms with Gasteiger partial charge in [-0.1, -0.05) is 39.8 Å². The molecule has 1 fully saturated rings. The van der Waals surface area contributed by atoms with Crippen molar-refractivity contribution in [2.24, 2.45) is 16.6 Å². The first-order valence-electron chi connectivity index (χ1n) is 7.68. The van der Waals surface area contributed by atoms with E-state index in [1.807, 2.05) is 13.0 Å². The molecule has 0 amide bonds. The Labute approximate surface area is 123 Å². The minimum Gasteiger partial charge on any atom is -0.494 e. The summed E-state index contributed by atoms with van der Waals surface area (Å²) in [4.78, 5) is 0. The van der Waals surface area contributed by atoms with Gasteiger partial charge in [0.25, 0.3) is 0 Å². The van der Waals surface area contributed by atoms with E-state index in [9.17, 15) is 0 Å². The Bertz CT molecular complexity index is 460. The third-order valence-electron chi connectivity index (χ3n) is 4.27. The maximum Gasteiger partial charge on any atom is 0.119 e. The summed E-state index contributed by atoms with van der Waals surface area (Å²) in [6.45, 7) is 12.0. The van der Waals surface area contributed by atoms with E-state index >= 15 is 0 Å². The van der Waals surface area contributed by atoms with Gasteiger partial charge in [0.2, 0.25) is 0 Å². The lowest BCUT2D eigenvalue weighted by atomic mass is 9.57. The van der Waals surface area contributed by atoms with Gasteiger partial charge in [-0.15, -0.1) is 0 Å². The van der Waals surface area contributed by atoms with Crippen molar-refractivity contribution in [3.05, 3.63) is 29.8 Å². The predicted octanol–water partition coefficient (Wildman–Crippen LogP) is 4.48. The van der Waals surface area contributed by atoms with E-state index in [4.69, 9.17) is 10.5 Å². The van der Waals surface area contributed by atoms with E-state index in [-0.39, 0.29) is 16.4 Å². The highest BCUT2D eigenvalue weighted by molar-refractivity contribution is 5.34. The molecule has 112 valence electrons. The predicted molar refractivity (Wildman–Crippen MR) is 84.9 cm³/mol. The number of hydrogen-bond acceptors (Lipinski definition) is 2. The molecule has 0 bridgehead atoms. The minimum atomic E-state index is -0.252. The first-order valence-corrected chi connectivity index (χ1v) is 7.68. The molecule has 2 rings (SSSR count). The lowest BCUT2D eigenvalue weighted by Crippen LogP contribution is -2.49. The van der Waals surface area contributed by atoms with Crippen LogP contribution in [0, 0.1) is 10.8 Å². The van der Waals surface area contributed by atoms with Gasteiger partial charge in [-0.2, -0.15) is 0 Å². The summed E-state index contributed by atoms with van der Waals surface area (Å²) in [6.07, 6.45) is 3.28. The van der Waals surface area contributed by atoms with Gasteiger partial charge >= 0.3 is 0 Å². The van der Waals surface area contributed by atoms with Gasteiger partial charge in [0.15, 0.2) is 0 Å². The zero-order valence-corrected chi connectivity index (χ0v) is 13.6. The van der Waals surface area contributed by atoms with Gasteiger partial charge in [0, 0.05) is 5.54 Å². The molecule has 0 aliphatic heterocycles. The maximum atomic E-state index is 6.84. The van der Waals surface area contributed by atoms with E-state index in [1.165, 1.54) is 12.0 Å². The fourth-order valence-electron chi connectivity index (χ4n) is 4.46. The molecule has 0 radical (unpaired) electrons. The summed E-state index contributed by atoms with van der Waals surface area (Å²) in [5, 5.41) is 0. The normalized spacial score (nSPS) is 23.3. The molecular formula is C18H29NO. The number of rotatable bonds is 3. The summed E-state index contributed by atoms with van der Waals surface area (Å²) in [6, 6.07) is 8.35. The highest BCUT2D eigenvalue weighted by Crippen LogP contribution is 2.52. The van der Waals surface area contributed by atoms with Gasteiger partial charge in [0.05, 0.1) is 6.61 Å². The van der Waals surface area contributed by atoms with Gasteiger partial charge in [-0.25, -0.2) is 0 Å². The molecular weight excluding hydrogens is 246 g/mol. The second-order valence-electron chi connectivity index (χ2n) is 7.98. The monoisotopic (exact) mass is 275 g/mol. The fraction of sp³-hybridized carbons (Fsp3) is 0.667. The summed E-state index contributed by atoms with van der Waals surface area (Å²) >= 11 is 0. The molecule has 0 unspecified atom stereocenters. The van der Waals surface area contributed by atoms with Crippen LogP contribution in [0.5, 0.6) is 5.75 Å². The number of hydrogen-bond donors (Lipinski definition) is 1. The average molecular weight is 275 g/mol. The molecule has 1 aliphatic carbocycles. The average Bonchev–Trinajstić information content (AvgIpc) is 2.25. The molecule has 0 saturated heterocycles. The third-order valence-corrected chi connectivity index (χ3v) is 4.27. The van der Waals surface area contributed by atoms with Crippen molar-refractivity contribution >= 4 is 0 Å². The van der Waals surface area contributed by atoms with Crippen LogP contribution in [0.3, 0.4) is 0 Å². The van der Waals surface area contributed by atoms with Crippen LogP contribution < -0.4 is 10.5 Å². The zero-order valence-electron chi connectivity index (χ0n) is 13.6. The summed E-state index contributed by atoms with van der Waals surface area (Å²) in [5.41, 5.74) is 8.35. The van der Waals surface area contributed by atoms with E-state index < -0.39 is 0 Å². The van der Waals surface area contributed by atoms with Gasteiger partial charge in [-0.05, 0) is 54.7 Å². The number of nitrogens with two attached hydrogens (primary N) is 1. The van der Waals surface area contributed by atoms with Crippen molar-refractivity contribution in [1.82, 2.24) is 0 Å². The molecule has 20 heavy (non-hydrogen) atoms. The Morgan fingerprint density at radius 2 is 1.65 bits per heavy atom. The Morgan fingerprint density at radius 3 is 2.20 bits per heavy atom. The second kappa shape index (κ2) is 5.07. The van der Waals surface area contributed by atoms with Crippen LogP contribution in [-0.2, 0) is 5.54 Å². The van der Waals surface area contributed by atoms with Crippen molar-refractivity contribution in [1.29, 1.82) is 0 Å². The second-order valence-corrected chi connectivity index (χ2v) is 7.98. The first kappa shape index (κ1) is 15.4. The van der Waals surface area contributed by atoms with E-state index in [2.05, 4.69) is 45.9 Å². The van der Waals surface area contributed by atoms with Crippen molar-refractivity contribution in [3.8, 4) is 5.75 Å². The first-order chi connectivity index (χ1) is 9.16. The standard InChI is InChI=1S/C18H29NO/c1-6-20-15-9-7-8-14(10-15)18(19)12-16(2,3)11-17(4,5)13-18/h7-10H,6,11-13,19H2,1-5H3. The Kier molecular flexibility index (Phi) is 3.90. The third kappa shape index (κ3) is 3.35. The summed E-state index contributed by atoms with van der Waals surface area (Å²) in [5.74, 6) is 0.927. The number of benzene rings is 1.